The number of carbonyl (C=O) groups is 1. The van der Waals surface area contributed by atoms with Crippen LogP contribution in [-0.4, -0.2) is 45.3 Å². The Morgan fingerprint density at radius 3 is 2.40 bits per heavy atom. The molecule has 1 fully saturated rings. The van der Waals surface area contributed by atoms with Gasteiger partial charge < -0.3 is 4.74 Å². The number of hydrogen-bond donors (Lipinski definition) is 0. The lowest BCUT2D eigenvalue weighted by Gasteiger charge is -2.28. The fourth-order valence-corrected chi connectivity index (χ4v) is 6.01. The van der Waals surface area contributed by atoms with Crippen LogP contribution in [0.2, 0.25) is 0 Å². The molecule has 3 heterocycles. The monoisotopic (exact) mass is 543 g/mol. The summed E-state index contributed by atoms with van der Waals surface area (Å²) in [4.78, 5) is 22.5. The minimum Gasteiger partial charge on any atom is -0.443 e. The maximum atomic E-state index is 13.6. The highest BCUT2D eigenvalue weighted by atomic mass is 16.6. The molecule has 5 rings (SSSR count). The topological polar surface area (TPSA) is 63.0 Å². The number of aliphatic imine (C=N–C) groups is 1. The first-order chi connectivity index (χ1) is 19.3. The summed E-state index contributed by atoms with van der Waals surface area (Å²) in [5, 5.41) is 6.86. The summed E-state index contributed by atoms with van der Waals surface area (Å²) < 4.78 is 8.05. The SMILES string of the molecule is CCC1CCC(n2ncc3c2=CCC(N(C(=O)OC(C)(C)C)c2ccc(CN4CCC=CCC4)cc2)=NC=3)CC1. The molecule has 0 spiro atoms. The molecule has 0 bridgehead atoms. The lowest BCUT2D eigenvalue weighted by Crippen LogP contribution is -2.41. The molecule has 7 heteroatoms. The summed E-state index contributed by atoms with van der Waals surface area (Å²) in [6, 6.07) is 8.70. The van der Waals surface area contributed by atoms with Gasteiger partial charge in [0.25, 0.3) is 0 Å². The molecule has 0 saturated heterocycles. The van der Waals surface area contributed by atoms with Crippen molar-refractivity contribution in [2.45, 2.75) is 97.2 Å². The minimum atomic E-state index is -0.615. The lowest BCUT2D eigenvalue weighted by molar-refractivity contribution is 0.0603. The molecule has 1 saturated carbocycles. The van der Waals surface area contributed by atoms with Gasteiger partial charge in [-0.25, -0.2) is 14.7 Å². The summed E-state index contributed by atoms with van der Waals surface area (Å²) in [7, 11) is 0. The summed E-state index contributed by atoms with van der Waals surface area (Å²) in [6.07, 6.45) is 18.9. The predicted molar refractivity (Wildman–Crippen MR) is 163 cm³/mol. The Labute approximate surface area is 238 Å². The molecule has 40 heavy (non-hydrogen) atoms. The molecule has 1 aromatic carbocycles. The molecular formula is C33H45N5O2. The number of amides is 1. The number of hydrogen-bond acceptors (Lipinski definition) is 5. The Morgan fingerprint density at radius 1 is 1.05 bits per heavy atom. The van der Waals surface area contributed by atoms with E-state index in [1.165, 1.54) is 37.7 Å². The van der Waals surface area contributed by atoms with Crippen molar-refractivity contribution in [3.05, 3.63) is 58.7 Å². The number of ether oxygens (including phenoxy) is 1. The van der Waals surface area contributed by atoms with E-state index >= 15 is 0 Å². The van der Waals surface area contributed by atoms with E-state index in [2.05, 4.69) is 46.9 Å². The Morgan fingerprint density at radius 2 is 1.75 bits per heavy atom. The standard InChI is InChI=1S/C33H45N5O2/c1-5-25-10-16-29(17-11-25)38-30-18-19-31(34-22-27(30)23-35-38)37(32(39)40-33(2,3)4)28-14-12-26(13-15-28)24-36-20-8-6-7-9-21-36/h6-7,12-15,18,22-23,25,29H,5,8-11,16-17,19-21,24H2,1-4H3. The van der Waals surface area contributed by atoms with Gasteiger partial charge in [0, 0.05) is 37.5 Å². The van der Waals surface area contributed by atoms with Crippen molar-refractivity contribution < 1.29 is 9.53 Å². The van der Waals surface area contributed by atoms with Crippen molar-refractivity contribution in [1.29, 1.82) is 0 Å². The summed E-state index contributed by atoms with van der Waals surface area (Å²) in [5.74, 6) is 1.49. The Balaban J connectivity index is 1.38. The highest BCUT2D eigenvalue weighted by Gasteiger charge is 2.28. The zero-order chi connectivity index (χ0) is 28.1. The number of aromatic nitrogens is 2. The fourth-order valence-electron chi connectivity index (χ4n) is 6.01. The molecule has 2 aromatic rings. The van der Waals surface area contributed by atoms with E-state index in [4.69, 9.17) is 14.8 Å². The first-order valence-electron chi connectivity index (χ1n) is 15.1. The average Bonchev–Trinajstić information content (AvgIpc) is 3.06. The van der Waals surface area contributed by atoms with E-state index < -0.39 is 11.7 Å². The van der Waals surface area contributed by atoms with Gasteiger partial charge in [-0.2, -0.15) is 5.10 Å². The van der Waals surface area contributed by atoms with Crippen LogP contribution < -0.4 is 15.5 Å². The molecule has 1 aromatic heterocycles. The first kappa shape index (κ1) is 28.3. The van der Waals surface area contributed by atoms with Gasteiger partial charge in [-0.1, -0.05) is 43.7 Å². The normalized spacial score (nSPS) is 21.8. The van der Waals surface area contributed by atoms with Crippen LogP contribution in [0.1, 0.15) is 90.7 Å². The van der Waals surface area contributed by atoms with Crippen molar-refractivity contribution in [1.82, 2.24) is 14.7 Å². The second kappa shape index (κ2) is 12.5. The maximum Gasteiger partial charge on any atom is 0.420 e. The van der Waals surface area contributed by atoms with E-state index in [-0.39, 0.29) is 0 Å². The summed E-state index contributed by atoms with van der Waals surface area (Å²) in [5.41, 5.74) is 1.39. The second-order valence-corrected chi connectivity index (χ2v) is 12.4. The molecule has 214 valence electrons. The number of benzene rings is 1. The van der Waals surface area contributed by atoms with Crippen LogP contribution in [0.4, 0.5) is 10.5 Å². The number of carbonyl (C=O) groups excluding carboxylic acids is 1. The van der Waals surface area contributed by atoms with E-state index in [9.17, 15) is 4.79 Å². The summed E-state index contributed by atoms with van der Waals surface area (Å²) >= 11 is 0. The summed E-state index contributed by atoms with van der Waals surface area (Å²) in [6.45, 7) is 11.0. The van der Waals surface area contributed by atoms with Gasteiger partial charge in [-0.15, -0.1) is 0 Å². The minimum absolute atomic E-state index is 0.412. The van der Waals surface area contributed by atoms with Gasteiger partial charge in [-0.05, 0) is 82.9 Å². The first-order valence-corrected chi connectivity index (χ1v) is 15.1. The van der Waals surface area contributed by atoms with Crippen LogP contribution in [0.15, 0.2) is 47.6 Å². The number of nitrogens with zero attached hydrogens (tertiary/aromatic N) is 5. The van der Waals surface area contributed by atoms with Crippen molar-refractivity contribution >= 4 is 29.9 Å². The Bertz CT molecular complexity index is 1330. The van der Waals surface area contributed by atoms with Crippen LogP contribution in [0.25, 0.3) is 12.3 Å². The number of fused-ring (bicyclic) bond motifs is 1. The van der Waals surface area contributed by atoms with Gasteiger partial charge in [0.05, 0.1) is 23.3 Å². The van der Waals surface area contributed by atoms with E-state index in [1.807, 2.05) is 45.3 Å². The van der Waals surface area contributed by atoms with Gasteiger partial charge >= 0.3 is 6.09 Å². The van der Waals surface area contributed by atoms with E-state index in [0.29, 0.717) is 18.3 Å². The molecule has 1 amide bonds. The van der Waals surface area contributed by atoms with Crippen LogP contribution >= 0.6 is 0 Å². The lowest BCUT2D eigenvalue weighted by atomic mass is 9.84. The number of anilines is 1. The zero-order valence-corrected chi connectivity index (χ0v) is 24.7. The Kier molecular flexibility index (Phi) is 8.89. The molecular weight excluding hydrogens is 498 g/mol. The van der Waals surface area contributed by atoms with Crippen LogP contribution in [0, 0.1) is 5.92 Å². The van der Waals surface area contributed by atoms with Crippen molar-refractivity contribution in [2.24, 2.45) is 10.9 Å². The highest BCUT2D eigenvalue weighted by Crippen LogP contribution is 2.32. The van der Waals surface area contributed by atoms with Crippen LogP contribution in [0.5, 0.6) is 0 Å². The fraction of sp³-hybridized carbons (Fsp3) is 0.545. The van der Waals surface area contributed by atoms with Gasteiger partial charge in [0.1, 0.15) is 11.4 Å². The largest absolute Gasteiger partial charge is 0.443 e. The number of amidine groups is 1. The molecule has 0 N–H and O–H groups in total. The third-order valence-corrected chi connectivity index (χ3v) is 8.26. The molecule has 0 unspecified atom stereocenters. The van der Waals surface area contributed by atoms with Crippen LogP contribution in [-0.2, 0) is 11.3 Å². The third-order valence-electron chi connectivity index (χ3n) is 8.26. The molecule has 7 nitrogen and oxygen atoms in total. The average molecular weight is 544 g/mol. The smallest absolute Gasteiger partial charge is 0.420 e. The molecule has 3 aliphatic rings. The molecule has 2 aliphatic heterocycles. The van der Waals surface area contributed by atoms with Crippen molar-refractivity contribution in [2.75, 3.05) is 18.0 Å². The van der Waals surface area contributed by atoms with Crippen molar-refractivity contribution in [3.8, 4) is 0 Å². The highest BCUT2D eigenvalue weighted by molar-refractivity contribution is 6.16. The molecule has 0 radical (unpaired) electrons. The van der Waals surface area contributed by atoms with Crippen molar-refractivity contribution in [3.63, 3.8) is 0 Å². The zero-order valence-electron chi connectivity index (χ0n) is 24.7. The van der Waals surface area contributed by atoms with Gasteiger partial charge in [-0.3, -0.25) is 9.58 Å². The molecule has 0 atom stereocenters. The quantitative estimate of drug-likeness (QED) is 0.438. The predicted octanol–water partition coefficient (Wildman–Crippen LogP) is 5.94. The van der Waals surface area contributed by atoms with Gasteiger partial charge in [0.2, 0.25) is 0 Å². The third kappa shape index (κ3) is 6.92. The molecule has 1 aliphatic carbocycles. The van der Waals surface area contributed by atoms with Crippen LogP contribution in [0.3, 0.4) is 0 Å². The second-order valence-electron chi connectivity index (χ2n) is 12.4. The van der Waals surface area contributed by atoms with E-state index in [1.54, 1.807) is 4.90 Å². The van der Waals surface area contributed by atoms with E-state index in [0.717, 1.165) is 54.6 Å². The number of rotatable bonds is 5. The maximum absolute atomic E-state index is 13.6. The van der Waals surface area contributed by atoms with Gasteiger partial charge in [0.15, 0.2) is 0 Å². The Hall–Kier alpha value is -3.19.